The van der Waals surface area contributed by atoms with E-state index in [1.54, 1.807) is 7.11 Å². The summed E-state index contributed by atoms with van der Waals surface area (Å²) < 4.78 is 4.87. The molecule has 17 heavy (non-hydrogen) atoms. The SMILES string of the molecule is COCC(O)CN(C)c1ccc(CO)c(C)n1. The number of aliphatic hydroxyl groups excluding tert-OH is 2. The fourth-order valence-electron chi connectivity index (χ4n) is 1.61. The van der Waals surface area contributed by atoms with Crippen LogP contribution < -0.4 is 4.90 Å². The van der Waals surface area contributed by atoms with Crippen molar-refractivity contribution in [3.05, 3.63) is 23.4 Å². The molecule has 1 aromatic rings. The standard InChI is InChI=1S/C12H20N2O3/c1-9-10(7-15)4-5-12(13-9)14(2)6-11(16)8-17-3/h4-5,11,15-16H,6-8H2,1-3H3. The highest BCUT2D eigenvalue weighted by Gasteiger charge is 2.10. The molecule has 0 aliphatic carbocycles. The van der Waals surface area contributed by atoms with E-state index < -0.39 is 6.10 Å². The maximum absolute atomic E-state index is 9.62. The molecule has 0 aliphatic rings. The Morgan fingerprint density at radius 3 is 2.71 bits per heavy atom. The molecule has 0 amide bonds. The molecule has 0 radical (unpaired) electrons. The number of hydrogen-bond donors (Lipinski definition) is 2. The van der Waals surface area contributed by atoms with E-state index in [0.717, 1.165) is 17.1 Å². The number of ether oxygens (including phenoxy) is 1. The zero-order chi connectivity index (χ0) is 12.8. The second-order valence-electron chi connectivity index (χ2n) is 4.06. The van der Waals surface area contributed by atoms with Gasteiger partial charge in [0.25, 0.3) is 0 Å². The third-order valence-electron chi connectivity index (χ3n) is 2.59. The van der Waals surface area contributed by atoms with Crippen LogP contribution in [0, 0.1) is 6.92 Å². The zero-order valence-electron chi connectivity index (χ0n) is 10.6. The molecule has 0 saturated heterocycles. The van der Waals surface area contributed by atoms with Gasteiger partial charge in [-0.15, -0.1) is 0 Å². The molecule has 0 aromatic carbocycles. The molecule has 1 unspecified atom stereocenters. The molecule has 0 fully saturated rings. The normalized spacial score (nSPS) is 12.5. The van der Waals surface area contributed by atoms with Crippen molar-refractivity contribution in [2.75, 3.05) is 32.2 Å². The molecule has 5 heteroatoms. The molecule has 0 bridgehead atoms. The minimum Gasteiger partial charge on any atom is -0.392 e. The Kier molecular flexibility index (Phi) is 5.34. The Labute approximate surface area is 102 Å². The van der Waals surface area contributed by atoms with Crippen molar-refractivity contribution >= 4 is 5.82 Å². The van der Waals surface area contributed by atoms with Crippen LogP contribution >= 0.6 is 0 Å². The summed E-state index contributed by atoms with van der Waals surface area (Å²) >= 11 is 0. The molecule has 1 heterocycles. The molecule has 1 rings (SSSR count). The van der Waals surface area contributed by atoms with Gasteiger partial charge < -0.3 is 19.8 Å². The molecule has 96 valence electrons. The van der Waals surface area contributed by atoms with Gasteiger partial charge in [0.1, 0.15) is 5.82 Å². The fourth-order valence-corrected chi connectivity index (χ4v) is 1.61. The Bertz CT molecular complexity index is 358. The lowest BCUT2D eigenvalue weighted by Gasteiger charge is -2.22. The van der Waals surface area contributed by atoms with Gasteiger partial charge in [-0.2, -0.15) is 0 Å². The third kappa shape index (κ3) is 3.96. The third-order valence-corrected chi connectivity index (χ3v) is 2.59. The van der Waals surface area contributed by atoms with Crippen molar-refractivity contribution < 1.29 is 14.9 Å². The number of likely N-dealkylation sites (N-methyl/N-ethyl adjacent to an activating group) is 1. The highest BCUT2D eigenvalue weighted by atomic mass is 16.5. The van der Waals surface area contributed by atoms with Gasteiger partial charge in [-0.1, -0.05) is 6.07 Å². The first-order chi connectivity index (χ1) is 8.08. The van der Waals surface area contributed by atoms with Gasteiger partial charge in [-0.05, 0) is 18.6 Å². The number of pyridine rings is 1. The molecular formula is C12H20N2O3. The minimum absolute atomic E-state index is 0.00483. The molecule has 0 aliphatic heterocycles. The van der Waals surface area contributed by atoms with Crippen LogP contribution in [0.25, 0.3) is 0 Å². The lowest BCUT2D eigenvalue weighted by molar-refractivity contribution is 0.0694. The summed E-state index contributed by atoms with van der Waals surface area (Å²) in [6, 6.07) is 3.68. The summed E-state index contributed by atoms with van der Waals surface area (Å²) in [5.41, 5.74) is 1.62. The van der Waals surface area contributed by atoms with Gasteiger partial charge in [0.15, 0.2) is 0 Å². The first kappa shape index (κ1) is 13.9. The average Bonchev–Trinajstić information content (AvgIpc) is 2.29. The van der Waals surface area contributed by atoms with Crippen LogP contribution in [0.3, 0.4) is 0 Å². The smallest absolute Gasteiger partial charge is 0.128 e. The molecule has 2 N–H and O–H groups in total. The molecular weight excluding hydrogens is 220 g/mol. The highest BCUT2D eigenvalue weighted by molar-refractivity contribution is 5.40. The second kappa shape index (κ2) is 6.54. The van der Waals surface area contributed by atoms with Crippen molar-refractivity contribution in [2.45, 2.75) is 19.6 Å². The number of anilines is 1. The van der Waals surface area contributed by atoms with Crippen LogP contribution in [0.2, 0.25) is 0 Å². The summed E-state index contributed by atoms with van der Waals surface area (Å²) in [7, 11) is 3.42. The summed E-state index contributed by atoms with van der Waals surface area (Å²) in [5, 5.41) is 18.7. The topological polar surface area (TPSA) is 65.8 Å². The van der Waals surface area contributed by atoms with Gasteiger partial charge in [0.05, 0.1) is 19.3 Å². The van der Waals surface area contributed by atoms with E-state index >= 15 is 0 Å². The number of nitrogens with zero attached hydrogens (tertiary/aromatic N) is 2. The van der Waals surface area contributed by atoms with E-state index in [1.807, 2.05) is 31.0 Å². The molecule has 1 atom stereocenters. The summed E-state index contributed by atoms with van der Waals surface area (Å²) in [6.45, 7) is 2.61. The Balaban J connectivity index is 2.69. The van der Waals surface area contributed by atoms with E-state index in [9.17, 15) is 5.11 Å². The maximum Gasteiger partial charge on any atom is 0.128 e. The Morgan fingerprint density at radius 2 is 2.18 bits per heavy atom. The van der Waals surface area contributed by atoms with Crippen molar-refractivity contribution in [1.29, 1.82) is 0 Å². The Hall–Kier alpha value is -1.17. The first-order valence-electron chi connectivity index (χ1n) is 5.54. The summed E-state index contributed by atoms with van der Waals surface area (Å²) in [5.74, 6) is 0.773. The van der Waals surface area contributed by atoms with Gasteiger partial charge in [0.2, 0.25) is 0 Å². The number of aromatic nitrogens is 1. The van der Waals surface area contributed by atoms with Crippen LogP contribution in [0.15, 0.2) is 12.1 Å². The van der Waals surface area contributed by atoms with Crippen LogP contribution in [0.5, 0.6) is 0 Å². The van der Waals surface area contributed by atoms with Gasteiger partial charge in [-0.25, -0.2) is 4.98 Å². The van der Waals surface area contributed by atoms with Crippen molar-refractivity contribution in [2.24, 2.45) is 0 Å². The van der Waals surface area contributed by atoms with Crippen LogP contribution in [-0.4, -0.2) is 48.6 Å². The van der Waals surface area contributed by atoms with E-state index in [-0.39, 0.29) is 6.61 Å². The largest absolute Gasteiger partial charge is 0.392 e. The zero-order valence-corrected chi connectivity index (χ0v) is 10.6. The number of aryl methyl sites for hydroxylation is 1. The molecule has 1 aromatic heterocycles. The van der Waals surface area contributed by atoms with Gasteiger partial charge in [-0.3, -0.25) is 0 Å². The van der Waals surface area contributed by atoms with Crippen LogP contribution in [0.4, 0.5) is 5.82 Å². The average molecular weight is 240 g/mol. The first-order valence-corrected chi connectivity index (χ1v) is 5.54. The van der Waals surface area contributed by atoms with Crippen molar-refractivity contribution in [3.8, 4) is 0 Å². The monoisotopic (exact) mass is 240 g/mol. The maximum atomic E-state index is 9.62. The molecule has 5 nitrogen and oxygen atoms in total. The molecule has 0 spiro atoms. The minimum atomic E-state index is -0.537. The molecule has 0 saturated carbocycles. The van der Waals surface area contributed by atoms with E-state index in [1.165, 1.54) is 0 Å². The van der Waals surface area contributed by atoms with E-state index in [2.05, 4.69) is 4.98 Å². The number of rotatable bonds is 6. The number of methoxy groups -OCH3 is 1. The Morgan fingerprint density at radius 1 is 1.47 bits per heavy atom. The van der Waals surface area contributed by atoms with Crippen LogP contribution in [0.1, 0.15) is 11.3 Å². The predicted octanol–water partition coefficient (Wildman–Crippen LogP) is 0.326. The summed E-state index contributed by atoms with van der Waals surface area (Å²) in [4.78, 5) is 6.23. The van der Waals surface area contributed by atoms with Crippen molar-refractivity contribution in [1.82, 2.24) is 4.98 Å². The van der Waals surface area contributed by atoms with E-state index in [4.69, 9.17) is 9.84 Å². The second-order valence-corrected chi connectivity index (χ2v) is 4.06. The fraction of sp³-hybridized carbons (Fsp3) is 0.583. The van der Waals surface area contributed by atoms with Crippen molar-refractivity contribution in [3.63, 3.8) is 0 Å². The van der Waals surface area contributed by atoms with Crippen LogP contribution in [-0.2, 0) is 11.3 Å². The highest BCUT2D eigenvalue weighted by Crippen LogP contribution is 2.14. The van der Waals surface area contributed by atoms with Gasteiger partial charge >= 0.3 is 0 Å². The summed E-state index contributed by atoms with van der Waals surface area (Å²) in [6.07, 6.45) is -0.537. The predicted molar refractivity (Wildman–Crippen MR) is 66.0 cm³/mol. The lowest BCUT2D eigenvalue weighted by atomic mass is 10.2. The number of hydrogen-bond acceptors (Lipinski definition) is 5. The van der Waals surface area contributed by atoms with Gasteiger partial charge in [0, 0.05) is 26.4 Å². The quantitative estimate of drug-likeness (QED) is 0.750. The lowest BCUT2D eigenvalue weighted by Crippen LogP contribution is -2.32. The van der Waals surface area contributed by atoms with E-state index in [0.29, 0.717) is 13.2 Å². The number of aliphatic hydroxyl groups is 2.